The number of methoxy groups -OCH3 is 1. The van der Waals surface area contributed by atoms with Crippen LogP contribution in [0.5, 0.6) is 0 Å². The summed E-state index contributed by atoms with van der Waals surface area (Å²) in [6.07, 6.45) is 4.10. The molecule has 0 saturated heterocycles. The Labute approximate surface area is 105 Å². The normalized spacial score (nSPS) is 13.0. The third-order valence-corrected chi connectivity index (χ3v) is 3.21. The van der Waals surface area contributed by atoms with E-state index < -0.39 is 0 Å². The summed E-state index contributed by atoms with van der Waals surface area (Å²) in [5, 5.41) is 7.69. The van der Waals surface area contributed by atoms with Gasteiger partial charge in [-0.05, 0) is 29.4 Å². The molecule has 0 fully saturated rings. The molecule has 1 unspecified atom stereocenters. The molecule has 4 nitrogen and oxygen atoms in total. The lowest BCUT2D eigenvalue weighted by Crippen LogP contribution is -2.21. The van der Waals surface area contributed by atoms with Gasteiger partial charge in [0.2, 0.25) is 0 Å². The molecule has 5 heteroatoms. The van der Waals surface area contributed by atoms with Crippen LogP contribution in [0.25, 0.3) is 0 Å². The summed E-state index contributed by atoms with van der Waals surface area (Å²) >= 11 is 3.56. The molecule has 92 valence electrons. The largest absolute Gasteiger partial charge is 0.383 e. The van der Waals surface area contributed by atoms with Crippen molar-refractivity contribution in [3.63, 3.8) is 0 Å². The van der Waals surface area contributed by atoms with Crippen molar-refractivity contribution in [2.45, 2.75) is 32.4 Å². The van der Waals surface area contributed by atoms with Crippen LogP contribution in [0.15, 0.2) is 10.7 Å². The molecule has 0 aromatic carbocycles. The van der Waals surface area contributed by atoms with E-state index in [1.165, 1.54) is 5.69 Å². The minimum atomic E-state index is 0.346. The lowest BCUT2D eigenvalue weighted by Gasteiger charge is -2.18. The van der Waals surface area contributed by atoms with E-state index in [0.29, 0.717) is 12.6 Å². The lowest BCUT2D eigenvalue weighted by atomic mass is 10.1. The molecule has 1 atom stereocenters. The van der Waals surface area contributed by atoms with Crippen molar-refractivity contribution >= 4 is 15.9 Å². The van der Waals surface area contributed by atoms with Gasteiger partial charge in [0.15, 0.2) is 0 Å². The first-order valence-corrected chi connectivity index (χ1v) is 6.41. The Morgan fingerprint density at radius 3 is 2.94 bits per heavy atom. The minimum absolute atomic E-state index is 0.346. The van der Waals surface area contributed by atoms with Crippen molar-refractivity contribution in [2.75, 3.05) is 20.8 Å². The van der Waals surface area contributed by atoms with E-state index in [0.717, 1.165) is 23.9 Å². The topological polar surface area (TPSA) is 39.1 Å². The second-order valence-electron chi connectivity index (χ2n) is 3.72. The Bertz CT molecular complexity index is 314. The fourth-order valence-corrected chi connectivity index (χ4v) is 2.35. The molecule has 0 saturated carbocycles. The lowest BCUT2D eigenvalue weighted by molar-refractivity contribution is 0.181. The van der Waals surface area contributed by atoms with E-state index in [2.05, 4.69) is 33.3 Å². The first-order valence-electron chi connectivity index (χ1n) is 5.62. The molecule has 0 aliphatic heterocycles. The Kier molecular flexibility index (Phi) is 6.01. The van der Waals surface area contributed by atoms with Crippen LogP contribution in [-0.2, 0) is 11.3 Å². The summed E-state index contributed by atoms with van der Waals surface area (Å²) in [4.78, 5) is 0. The molecule has 1 aromatic heterocycles. The number of rotatable bonds is 7. The highest BCUT2D eigenvalue weighted by atomic mass is 79.9. The Balaban J connectivity index is 2.85. The number of hydrogen-bond acceptors (Lipinski definition) is 3. The van der Waals surface area contributed by atoms with Gasteiger partial charge in [-0.1, -0.05) is 13.3 Å². The molecule has 1 rings (SSSR count). The summed E-state index contributed by atoms with van der Waals surface area (Å²) < 4.78 is 8.16. The summed E-state index contributed by atoms with van der Waals surface area (Å²) in [5.41, 5.74) is 1.21. The summed E-state index contributed by atoms with van der Waals surface area (Å²) in [7, 11) is 3.69. The third kappa shape index (κ3) is 3.30. The first-order chi connectivity index (χ1) is 7.74. The second-order valence-corrected chi connectivity index (χ2v) is 4.58. The van der Waals surface area contributed by atoms with E-state index in [4.69, 9.17) is 4.74 Å². The Morgan fingerprint density at radius 2 is 2.38 bits per heavy atom. The fraction of sp³-hybridized carbons (Fsp3) is 0.727. The predicted molar refractivity (Wildman–Crippen MR) is 68.5 cm³/mol. The Morgan fingerprint density at radius 1 is 1.62 bits per heavy atom. The molecule has 16 heavy (non-hydrogen) atoms. The van der Waals surface area contributed by atoms with Crippen molar-refractivity contribution in [2.24, 2.45) is 0 Å². The highest BCUT2D eigenvalue weighted by Gasteiger charge is 2.17. The average Bonchev–Trinajstić information content (AvgIpc) is 2.65. The maximum absolute atomic E-state index is 5.09. The second kappa shape index (κ2) is 7.04. The average molecular weight is 290 g/mol. The zero-order valence-corrected chi connectivity index (χ0v) is 11.7. The van der Waals surface area contributed by atoms with Gasteiger partial charge in [-0.3, -0.25) is 4.68 Å². The highest BCUT2D eigenvalue weighted by Crippen LogP contribution is 2.26. The summed E-state index contributed by atoms with van der Waals surface area (Å²) in [6.45, 7) is 3.66. The van der Waals surface area contributed by atoms with Gasteiger partial charge in [0.1, 0.15) is 0 Å². The van der Waals surface area contributed by atoms with Gasteiger partial charge in [0.05, 0.1) is 35.6 Å². The van der Waals surface area contributed by atoms with E-state index in [9.17, 15) is 0 Å². The molecular formula is C11H20BrN3O. The molecule has 1 N–H and O–H groups in total. The van der Waals surface area contributed by atoms with Crippen LogP contribution >= 0.6 is 15.9 Å². The van der Waals surface area contributed by atoms with Crippen molar-refractivity contribution in [3.05, 3.63) is 16.4 Å². The summed E-state index contributed by atoms with van der Waals surface area (Å²) in [6, 6.07) is 0.346. The SMILES string of the molecule is CCCC(NC)c1c(Br)cnn1CCOC. The van der Waals surface area contributed by atoms with Gasteiger partial charge < -0.3 is 10.1 Å². The molecule has 0 aliphatic rings. The van der Waals surface area contributed by atoms with Crippen molar-refractivity contribution < 1.29 is 4.74 Å². The van der Waals surface area contributed by atoms with Crippen molar-refractivity contribution in [1.82, 2.24) is 15.1 Å². The van der Waals surface area contributed by atoms with E-state index >= 15 is 0 Å². The minimum Gasteiger partial charge on any atom is -0.383 e. The number of ether oxygens (including phenoxy) is 1. The van der Waals surface area contributed by atoms with Gasteiger partial charge in [-0.25, -0.2) is 0 Å². The molecule has 1 aromatic rings. The van der Waals surface area contributed by atoms with Crippen LogP contribution in [0.4, 0.5) is 0 Å². The highest BCUT2D eigenvalue weighted by molar-refractivity contribution is 9.10. The molecule has 0 bridgehead atoms. The first kappa shape index (κ1) is 13.7. The van der Waals surface area contributed by atoms with Gasteiger partial charge in [-0.2, -0.15) is 5.10 Å². The van der Waals surface area contributed by atoms with Crippen LogP contribution in [0.1, 0.15) is 31.5 Å². The maximum Gasteiger partial charge on any atom is 0.0696 e. The predicted octanol–water partition coefficient (Wildman–Crippen LogP) is 2.35. The van der Waals surface area contributed by atoms with Gasteiger partial charge in [-0.15, -0.1) is 0 Å². The monoisotopic (exact) mass is 289 g/mol. The number of nitrogens with zero attached hydrogens (tertiary/aromatic N) is 2. The van der Waals surface area contributed by atoms with Gasteiger partial charge in [0.25, 0.3) is 0 Å². The standard InChI is InChI=1S/C11H20BrN3O/c1-4-5-10(13-2)11-9(12)8-14-15(11)6-7-16-3/h8,10,13H,4-7H2,1-3H3. The van der Waals surface area contributed by atoms with E-state index in [1.807, 2.05) is 17.9 Å². The molecule has 0 spiro atoms. The molecule has 1 heterocycles. The van der Waals surface area contributed by atoms with E-state index in [1.54, 1.807) is 7.11 Å². The van der Waals surface area contributed by atoms with Crippen LogP contribution in [0, 0.1) is 0 Å². The Hall–Kier alpha value is -0.390. The zero-order chi connectivity index (χ0) is 12.0. The number of aromatic nitrogens is 2. The number of nitrogens with one attached hydrogen (secondary N) is 1. The van der Waals surface area contributed by atoms with Crippen LogP contribution < -0.4 is 5.32 Å². The molecular weight excluding hydrogens is 270 g/mol. The van der Waals surface area contributed by atoms with Crippen molar-refractivity contribution in [3.8, 4) is 0 Å². The van der Waals surface area contributed by atoms with Gasteiger partial charge in [0, 0.05) is 7.11 Å². The number of hydrogen-bond donors (Lipinski definition) is 1. The molecule has 0 amide bonds. The van der Waals surface area contributed by atoms with E-state index in [-0.39, 0.29) is 0 Å². The quantitative estimate of drug-likeness (QED) is 0.838. The summed E-state index contributed by atoms with van der Waals surface area (Å²) in [5.74, 6) is 0. The molecule has 0 radical (unpaired) electrons. The molecule has 0 aliphatic carbocycles. The fourth-order valence-electron chi connectivity index (χ4n) is 1.78. The van der Waals surface area contributed by atoms with Crippen LogP contribution in [0.2, 0.25) is 0 Å². The van der Waals surface area contributed by atoms with Crippen LogP contribution in [0.3, 0.4) is 0 Å². The van der Waals surface area contributed by atoms with Crippen LogP contribution in [-0.4, -0.2) is 30.5 Å². The van der Waals surface area contributed by atoms with Crippen molar-refractivity contribution in [1.29, 1.82) is 0 Å². The smallest absolute Gasteiger partial charge is 0.0696 e. The maximum atomic E-state index is 5.09. The number of halogens is 1. The van der Waals surface area contributed by atoms with Gasteiger partial charge >= 0.3 is 0 Å². The third-order valence-electron chi connectivity index (χ3n) is 2.60. The zero-order valence-electron chi connectivity index (χ0n) is 10.2.